The van der Waals surface area contributed by atoms with Crippen molar-refractivity contribution >= 4 is 143 Å². The van der Waals surface area contributed by atoms with Gasteiger partial charge in [0, 0.05) is 60.7 Å². The normalized spacial score (nSPS) is 11.4. The number of para-hydroxylation sites is 4. The Morgan fingerprint density at radius 2 is 0.451 bits per heavy atom. The van der Waals surface area contributed by atoms with E-state index in [0.717, 1.165) is 39.1 Å². The molecule has 0 fully saturated rings. The molecule has 0 bridgehead atoms. The van der Waals surface area contributed by atoms with Gasteiger partial charge in [-0.3, -0.25) is 0 Å². The van der Waals surface area contributed by atoms with E-state index >= 15 is 0 Å². The number of nitrogens with zero attached hydrogens (tertiary/aromatic N) is 3. The fourth-order valence-corrected chi connectivity index (χ4v) is 17.2. The lowest BCUT2D eigenvalue weighted by atomic mass is 9.93. The average molecular weight is 1460 g/mol. The second-order valence-electron chi connectivity index (χ2n) is 29.0. The molecule has 22 rings (SSSR count). The highest BCUT2D eigenvalue weighted by atomic mass is 35.5. The van der Waals surface area contributed by atoms with Gasteiger partial charge >= 0.3 is 0 Å². The van der Waals surface area contributed by atoms with Gasteiger partial charge < -0.3 is 19.8 Å². The van der Waals surface area contributed by atoms with Crippen molar-refractivity contribution in [3.05, 3.63) is 436 Å². The topological polar surface area (TPSA) is 39.1 Å². The summed E-state index contributed by atoms with van der Waals surface area (Å²) in [5.41, 5.74) is 29.1. The van der Waals surface area contributed by atoms with E-state index < -0.39 is 0 Å². The smallest absolute Gasteiger partial charge is 0.0541 e. The molecule has 0 amide bonds. The Bertz CT molecular complexity index is 7090. The second kappa shape index (κ2) is 29.1. The molecule has 4 nitrogen and oxygen atoms in total. The zero-order valence-corrected chi connectivity index (χ0v) is 62.5. The SMILES string of the molecule is Clc1ccc(-c2cc3ccccc3c3ccccc23)cc1.Nc1ccc(-c2cccc(-n3c4ccccc4c4ccccc43)c2)cc1.c1cc(-c2ccc(N(c3ccc(-c4cc5ccccc5c5ccccc45)cc3)c3ccc(-c4cc5ccccc5c5ccccc45)cc3)cc2)cc(-n2c3ccccc3c3ccccc32)c1. The minimum atomic E-state index is 0.767. The van der Waals surface area contributed by atoms with Crippen molar-refractivity contribution in [2.45, 2.75) is 0 Å². The fourth-order valence-electron chi connectivity index (χ4n) is 17.1. The van der Waals surface area contributed by atoms with Gasteiger partial charge in [0.15, 0.2) is 0 Å². The molecular formula is C108H73ClN4. The Labute approximate surface area is 660 Å². The molecule has 0 unspecified atom stereocenters. The van der Waals surface area contributed by atoms with Crippen molar-refractivity contribution < 1.29 is 0 Å². The maximum absolute atomic E-state index is 6.01. The minimum Gasteiger partial charge on any atom is -0.399 e. The van der Waals surface area contributed by atoms with Gasteiger partial charge in [-0.15, -0.1) is 0 Å². The number of nitrogens with two attached hydrogens (primary N) is 1. The largest absolute Gasteiger partial charge is 0.399 e. The molecule has 0 radical (unpaired) electrons. The van der Waals surface area contributed by atoms with Crippen LogP contribution in [0.4, 0.5) is 22.7 Å². The summed E-state index contributed by atoms with van der Waals surface area (Å²) >= 11 is 6.01. The molecule has 113 heavy (non-hydrogen) atoms. The minimum absolute atomic E-state index is 0.767. The lowest BCUT2D eigenvalue weighted by Gasteiger charge is -2.26. The Kier molecular flexibility index (Phi) is 17.5. The summed E-state index contributed by atoms with van der Waals surface area (Å²) in [6, 6.07) is 154. The number of nitrogen functional groups attached to an aromatic ring is 1. The lowest BCUT2D eigenvalue weighted by Crippen LogP contribution is -2.09. The van der Waals surface area contributed by atoms with Crippen LogP contribution in [0.15, 0.2) is 431 Å². The van der Waals surface area contributed by atoms with Crippen LogP contribution < -0.4 is 10.6 Å². The molecule has 2 aromatic heterocycles. The zero-order chi connectivity index (χ0) is 75.3. The van der Waals surface area contributed by atoms with E-state index in [2.05, 4.69) is 420 Å². The maximum atomic E-state index is 6.01. The second-order valence-corrected chi connectivity index (χ2v) is 29.5. The van der Waals surface area contributed by atoms with Crippen molar-refractivity contribution in [1.29, 1.82) is 0 Å². The average Bonchev–Trinajstić information content (AvgIpc) is 1.74. The molecule has 2 N–H and O–H groups in total. The van der Waals surface area contributed by atoms with Crippen LogP contribution >= 0.6 is 11.6 Å². The Morgan fingerprint density at radius 1 is 0.195 bits per heavy atom. The summed E-state index contributed by atoms with van der Waals surface area (Å²) in [6.45, 7) is 0. The highest BCUT2D eigenvalue weighted by Crippen LogP contribution is 2.44. The van der Waals surface area contributed by atoms with Gasteiger partial charge in [0.2, 0.25) is 0 Å². The first-order chi connectivity index (χ1) is 55.9. The van der Waals surface area contributed by atoms with Crippen LogP contribution in [0.2, 0.25) is 5.02 Å². The number of fused-ring (bicyclic) bond motifs is 15. The summed E-state index contributed by atoms with van der Waals surface area (Å²) < 4.78 is 4.73. The van der Waals surface area contributed by atoms with E-state index in [9.17, 15) is 0 Å². The van der Waals surface area contributed by atoms with E-state index in [0.29, 0.717) is 0 Å². The number of rotatable bonds is 10. The van der Waals surface area contributed by atoms with Crippen LogP contribution in [-0.2, 0) is 0 Å². The molecule has 0 atom stereocenters. The molecule has 0 saturated carbocycles. The van der Waals surface area contributed by atoms with Crippen molar-refractivity contribution in [1.82, 2.24) is 9.13 Å². The third-order valence-electron chi connectivity index (χ3n) is 22.4. The summed E-state index contributed by atoms with van der Waals surface area (Å²) in [5.74, 6) is 0. The summed E-state index contributed by atoms with van der Waals surface area (Å²) in [6.07, 6.45) is 0. The van der Waals surface area contributed by atoms with Crippen LogP contribution in [0.25, 0.3) is 175 Å². The maximum Gasteiger partial charge on any atom is 0.0541 e. The van der Waals surface area contributed by atoms with Crippen LogP contribution in [-0.4, -0.2) is 9.13 Å². The van der Waals surface area contributed by atoms with E-state index in [-0.39, 0.29) is 0 Å². The van der Waals surface area contributed by atoms with Crippen LogP contribution in [0.3, 0.4) is 0 Å². The lowest BCUT2D eigenvalue weighted by molar-refractivity contribution is 1.18. The summed E-state index contributed by atoms with van der Waals surface area (Å²) in [5, 5.41) is 21.1. The summed E-state index contributed by atoms with van der Waals surface area (Å²) in [4.78, 5) is 2.38. The molecule has 0 aliphatic carbocycles. The predicted octanol–water partition coefficient (Wildman–Crippen LogP) is 30.2. The predicted molar refractivity (Wildman–Crippen MR) is 484 cm³/mol. The molecular weight excluding hydrogens is 1390 g/mol. The van der Waals surface area contributed by atoms with Gasteiger partial charge in [0.05, 0.1) is 22.1 Å². The van der Waals surface area contributed by atoms with Crippen molar-refractivity contribution in [2.75, 3.05) is 10.6 Å². The van der Waals surface area contributed by atoms with Gasteiger partial charge in [-0.2, -0.15) is 0 Å². The van der Waals surface area contributed by atoms with E-state index in [1.54, 1.807) is 0 Å². The monoisotopic (exact) mass is 1460 g/mol. The van der Waals surface area contributed by atoms with Gasteiger partial charge in [-0.1, -0.05) is 315 Å². The van der Waals surface area contributed by atoms with Crippen molar-refractivity contribution in [3.8, 4) is 67.0 Å². The number of hydrogen-bond donors (Lipinski definition) is 1. The number of aromatic nitrogens is 2. The highest BCUT2D eigenvalue weighted by Gasteiger charge is 2.20. The Balaban J connectivity index is 0.000000142. The fraction of sp³-hybridized carbons (Fsp3) is 0. The third-order valence-corrected chi connectivity index (χ3v) is 22.7. The van der Waals surface area contributed by atoms with E-state index in [1.807, 2.05) is 24.3 Å². The van der Waals surface area contributed by atoms with E-state index in [1.165, 1.54) is 164 Å². The Morgan fingerprint density at radius 3 is 0.779 bits per heavy atom. The standard InChI is InChI=1S/C64H42N2.C24H18N2.C20H13Cl/c1-3-18-53-47(14-1)41-61(57-22-7-5-20-55(53)57)44-30-36-50(37-31-44)65(51-38-32-45(33-39-51)62-42-48-15-2-4-19-54(48)56-21-6-8-23-58(56)62)49-34-28-43(29-35-49)46-16-13-17-52(40-46)66-63-26-11-9-24-59(63)60-25-10-12-27-64(60)66;25-19-14-12-17(13-15-19)18-6-5-7-20(16-18)26-23-10-3-1-8-21(23)22-9-2-4-11-24(22)26;21-16-11-9-14(10-12-16)20-13-15-5-1-2-6-17(15)18-7-3-4-8-19(18)20/h1-42H;1-16H,25H2;1-13H. The van der Waals surface area contributed by atoms with Gasteiger partial charge in [-0.25, -0.2) is 0 Å². The van der Waals surface area contributed by atoms with Crippen LogP contribution in [0.1, 0.15) is 0 Å². The first-order valence-corrected chi connectivity index (χ1v) is 38.9. The van der Waals surface area contributed by atoms with Gasteiger partial charge in [0.1, 0.15) is 0 Å². The van der Waals surface area contributed by atoms with Crippen molar-refractivity contribution in [3.63, 3.8) is 0 Å². The van der Waals surface area contributed by atoms with Crippen LogP contribution in [0, 0.1) is 0 Å². The molecule has 532 valence electrons. The molecule has 22 aromatic rings. The Hall–Kier alpha value is -14.6. The van der Waals surface area contributed by atoms with Gasteiger partial charge in [-0.05, 0) is 248 Å². The molecule has 0 spiro atoms. The number of anilines is 4. The molecule has 2 heterocycles. The molecule has 20 aromatic carbocycles. The zero-order valence-electron chi connectivity index (χ0n) is 61.8. The number of benzene rings is 20. The highest BCUT2D eigenvalue weighted by molar-refractivity contribution is 6.30. The quantitative estimate of drug-likeness (QED) is 0.109. The van der Waals surface area contributed by atoms with Crippen LogP contribution in [0.5, 0.6) is 0 Å². The molecule has 5 heteroatoms. The number of hydrogen-bond acceptors (Lipinski definition) is 2. The first-order valence-electron chi connectivity index (χ1n) is 38.5. The summed E-state index contributed by atoms with van der Waals surface area (Å²) in [7, 11) is 0. The molecule has 0 saturated heterocycles. The number of halogens is 1. The third kappa shape index (κ3) is 12.6. The molecule has 0 aliphatic rings. The van der Waals surface area contributed by atoms with E-state index in [4.69, 9.17) is 17.3 Å². The molecule has 0 aliphatic heterocycles. The first kappa shape index (κ1) is 67.8. The van der Waals surface area contributed by atoms with Crippen molar-refractivity contribution in [2.24, 2.45) is 0 Å². The van der Waals surface area contributed by atoms with Gasteiger partial charge in [0.25, 0.3) is 0 Å².